The van der Waals surface area contributed by atoms with E-state index in [2.05, 4.69) is 0 Å². The van der Waals surface area contributed by atoms with Gasteiger partial charge in [-0.05, 0) is 30.3 Å². The van der Waals surface area contributed by atoms with Crippen LogP contribution in [0.5, 0.6) is 0 Å². The van der Waals surface area contributed by atoms with Crippen LogP contribution in [0.2, 0.25) is 0 Å². The van der Waals surface area contributed by atoms with Crippen molar-refractivity contribution in [1.29, 1.82) is 0 Å². The second-order valence-corrected chi connectivity index (χ2v) is 4.94. The van der Waals surface area contributed by atoms with Crippen LogP contribution in [0.3, 0.4) is 0 Å². The molecule has 20 heavy (non-hydrogen) atoms. The molecule has 0 saturated carbocycles. The summed E-state index contributed by atoms with van der Waals surface area (Å²) in [6, 6.07) is 7.35. The number of benzene rings is 1. The quantitative estimate of drug-likeness (QED) is 0.698. The van der Waals surface area contributed by atoms with Crippen molar-refractivity contribution < 1.29 is 13.2 Å². The molecule has 102 valence electrons. The molecule has 0 aliphatic rings. The summed E-state index contributed by atoms with van der Waals surface area (Å²) in [7, 11) is 0. The lowest BCUT2D eigenvalue weighted by Crippen LogP contribution is -2.10. The van der Waals surface area contributed by atoms with Crippen LogP contribution in [0.4, 0.5) is 4.39 Å². The van der Waals surface area contributed by atoms with E-state index in [1.54, 1.807) is 12.1 Å². The topological polar surface area (TPSA) is 43.4 Å². The summed E-state index contributed by atoms with van der Waals surface area (Å²) in [5.74, 6) is 0.530. The second-order valence-electron chi connectivity index (χ2n) is 4.94. The minimum atomic E-state index is -0.465. The molecule has 3 rings (SSSR count). The van der Waals surface area contributed by atoms with Crippen LogP contribution in [0.15, 0.2) is 50.2 Å². The average Bonchev–Trinajstić information content (AvgIpc) is 2.92. The van der Waals surface area contributed by atoms with E-state index in [1.165, 1.54) is 24.5 Å². The van der Waals surface area contributed by atoms with Crippen LogP contribution in [-0.4, -0.2) is 0 Å². The molecule has 0 radical (unpaired) electrons. The molecule has 1 aromatic carbocycles. The first-order valence-corrected chi connectivity index (χ1v) is 6.38. The lowest BCUT2D eigenvalue weighted by atomic mass is 10.0. The van der Waals surface area contributed by atoms with Gasteiger partial charge in [0.1, 0.15) is 28.5 Å². The Kier molecular flexibility index (Phi) is 2.93. The van der Waals surface area contributed by atoms with Crippen LogP contribution in [-0.2, 0) is 0 Å². The third-order valence-corrected chi connectivity index (χ3v) is 3.17. The maximum atomic E-state index is 13.3. The van der Waals surface area contributed by atoms with E-state index in [1.807, 2.05) is 13.8 Å². The fourth-order valence-electron chi connectivity index (χ4n) is 2.25. The van der Waals surface area contributed by atoms with E-state index in [-0.39, 0.29) is 16.7 Å². The van der Waals surface area contributed by atoms with E-state index in [9.17, 15) is 9.18 Å². The Bertz CT molecular complexity index is 814. The first kappa shape index (κ1) is 12.7. The fourth-order valence-corrected chi connectivity index (χ4v) is 2.25. The van der Waals surface area contributed by atoms with Gasteiger partial charge in [0.15, 0.2) is 0 Å². The molecule has 4 heteroatoms. The Balaban J connectivity index is 2.44. The molecular weight excluding hydrogens is 259 g/mol. The highest BCUT2D eigenvalue weighted by atomic mass is 19.1. The van der Waals surface area contributed by atoms with Crippen molar-refractivity contribution in [3.8, 4) is 11.3 Å². The van der Waals surface area contributed by atoms with Gasteiger partial charge in [0, 0.05) is 5.92 Å². The van der Waals surface area contributed by atoms with Gasteiger partial charge in [0.05, 0.1) is 11.6 Å². The van der Waals surface area contributed by atoms with Crippen LogP contribution in [0.1, 0.15) is 25.5 Å². The normalized spacial score (nSPS) is 11.4. The van der Waals surface area contributed by atoms with Crippen LogP contribution in [0, 0.1) is 5.82 Å². The van der Waals surface area contributed by atoms with Crippen molar-refractivity contribution >= 4 is 11.0 Å². The summed E-state index contributed by atoms with van der Waals surface area (Å²) in [6.07, 6.45) is 1.49. The molecule has 0 N–H and O–H groups in total. The van der Waals surface area contributed by atoms with Crippen LogP contribution < -0.4 is 5.43 Å². The molecule has 2 aromatic heterocycles. The maximum Gasteiger partial charge on any atom is 0.204 e. The lowest BCUT2D eigenvalue weighted by molar-refractivity contribution is 0.503. The van der Waals surface area contributed by atoms with Crippen LogP contribution >= 0.6 is 0 Å². The fraction of sp³-hybridized carbons (Fsp3) is 0.188. The van der Waals surface area contributed by atoms with Gasteiger partial charge < -0.3 is 8.83 Å². The third-order valence-electron chi connectivity index (χ3n) is 3.17. The molecule has 0 aliphatic carbocycles. The van der Waals surface area contributed by atoms with Crippen molar-refractivity contribution in [2.75, 3.05) is 0 Å². The Labute approximate surface area is 114 Å². The first-order chi connectivity index (χ1) is 9.58. The summed E-state index contributed by atoms with van der Waals surface area (Å²) in [5, 5.41) is 0.223. The van der Waals surface area contributed by atoms with Gasteiger partial charge in [-0.1, -0.05) is 13.8 Å². The highest BCUT2D eigenvalue weighted by molar-refractivity contribution is 5.82. The van der Waals surface area contributed by atoms with Crippen molar-refractivity contribution in [3.63, 3.8) is 0 Å². The number of hydrogen-bond acceptors (Lipinski definition) is 3. The first-order valence-electron chi connectivity index (χ1n) is 6.38. The molecular formula is C16H13FO3. The molecule has 0 atom stereocenters. The predicted octanol–water partition coefficient (Wildman–Crippen LogP) is 4.32. The highest BCUT2D eigenvalue weighted by Gasteiger charge is 2.20. The summed E-state index contributed by atoms with van der Waals surface area (Å²) < 4.78 is 24.4. The number of hydrogen-bond donors (Lipinski definition) is 0. The largest absolute Gasteiger partial charge is 0.464 e. The predicted molar refractivity (Wildman–Crippen MR) is 74.2 cm³/mol. The van der Waals surface area contributed by atoms with Gasteiger partial charge in [-0.25, -0.2) is 4.39 Å². The molecule has 0 bridgehead atoms. The minimum Gasteiger partial charge on any atom is -0.464 e. The Hall–Kier alpha value is -2.36. The van der Waals surface area contributed by atoms with Crippen molar-refractivity contribution in [1.82, 2.24) is 0 Å². The van der Waals surface area contributed by atoms with Crippen molar-refractivity contribution in [2.24, 2.45) is 0 Å². The summed E-state index contributed by atoms with van der Waals surface area (Å²) >= 11 is 0. The van der Waals surface area contributed by atoms with Gasteiger partial charge in [-0.2, -0.15) is 0 Å². The van der Waals surface area contributed by atoms with Crippen molar-refractivity contribution in [3.05, 3.63) is 58.4 Å². The molecule has 3 aromatic rings. The maximum absolute atomic E-state index is 13.3. The smallest absolute Gasteiger partial charge is 0.204 e. The van der Waals surface area contributed by atoms with Gasteiger partial charge in [-0.15, -0.1) is 0 Å². The molecule has 0 unspecified atom stereocenters. The zero-order valence-corrected chi connectivity index (χ0v) is 11.1. The van der Waals surface area contributed by atoms with E-state index in [0.29, 0.717) is 22.7 Å². The van der Waals surface area contributed by atoms with Gasteiger partial charge >= 0.3 is 0 Å². The highest BCUT2D eigenvalue weighted by Crippen LogP contribution is 2.30. The van der Waals surface area contributed by atoms with E-state index in [4.69, 9.17) is 8.83 Å². The van der Waals surface area contributed by atoms with E-state index < -0.39 is 5.82 Å². The summed E-state index contributed by atoms with van der Waals surface area (Å²) in [6.45, 7) is 3.86. The lowest BCUT2D eigenvalue weighted by Gasteiger charge is -2.11. The second kappa shape index (κ2) is 4.63. The van der Waals surface area contributed by atoms with Crippen molar-refractivity contribution in [2.45, 2.75) is 19.8 Å². The molecule has 0 saturated heterocycles. The summed E-state index contributed by atoms with van der Waals surface area (Å²) in [4.78, 5) is 12.6. The molecule has 0 aliphatic heterocycles. The van der Waals surface area contributed by atoms with Gasteiger partial charge in [-0.3, -0.25) is 4.79 Å². The molecule has 0 fully saturated rings. The monoisotopic (exact) mass is 272 g/mol. The molecule has 0 spiro atoms. The molecule has 2 heterocycles. The van der Waals surface area contributed by atoms with E-state index >= 15 is 0 Å². The third kappa shape index (κ3) is 1.93. The molecule has 0 amide bonds. The number of furan rings is 1. The Morgan fingerprint density at radius 3 is 2.65 bits per heavy atom. The number of rotatable bonds is 2. The average molecular weight is 272 g/mol. The Morgan fingerprint density at radius 2 is 2.00 bits per heavy atom. The summed E-state index contributed by atoms with van der Waals surface area (Å²) in [5.41, 5.74) is 0.475. The minimum absolute atomic E-state index is 0.0113. The van der Waals surface area contributed by atoms with Crippen LogP contribution in [0.25, 0.3) is 22.3 Å². The zero-order valence-electron chi connectivity index (χ0n) is 11.1. The van der Waals surface area contributed by atoms with Gasteiger partial charge in [0.2, 0.25) is 5.43 Å². The number of fused-ring (bicyclic) bond motifs is 1. The van der Waals surface area contributed by atoms with Gasteiger partial charge in [0.25, 0.3) is 0 Å². The standard InChI is InChI=1S/C16H13FO3/c1-9(2)16-14(13-4-3-7-19-13)15(18)11-8-10(17)5-6-12(11)20-16/h3-9H,1-2H3. The number of halogens is 1. The van der Waals surface area contributed by atoms with E-state index in [0.717, 1.165) is 0 Å². The zero-order chi connectivity index (χ0) is 14.3. The SMILES string of the molecule is CC(C)c1oc2ccc(F)cc2c(=O)c1-c1ccco1. The molecule has 3 nitrogen and oxygen atoms in total. The Morgan fingerprint density at radius 1 is 1.20 bits per heavy atom.